The molecule has 1 aromatic carbocycles. The average Bonchev–Trinajstić information content (AvgIpc) is 2.35. The molecule has 0 heterocycles. The van der Waals surface area contributed by atoms with E-state index < -0.39 is 5.97 Å². The van der Waals surface area contributed by atoms with E-state index in [2.05, 4.69) is 19.5 Å². The summed E-state index contributed by atoms with van der Waals surface area (Å²) in [6.07, 6.45) is 0. The van der Waals surface area contributed by atoms with E-state index in [1.165, 1.54) is 19.7 Å². The third-order valence-corrected chi connectivity index (χ3v) is 2.30. The molecule has 0 saturated heterocycles. The Morgan fingerprint density at radius 2 is 1.94 bits per heavy atom. The topological polar surface area (TPSA) is 56.0 Å². The summed E-state index contributed by atoms with van der Waals surface area (Å²) in [5, 5.41) is 3.63. The van der Waals surface area contributed by atoms with Crippen molar-refractivity contribution in [2.24, 2.45) is 5.11 Å². The molecule has 0 aliphatic heterocycles. The van der Waals surface area contributed by atoms with Crippen LogP contribution in [0.1, 0.15) is 11.1 Å². The number of hydrogen-bond acceptors (Lipinski definition) is 4. The van der Waals surface area contributed by atoms with Crippen LogP contribution in [0, 0.1) is 0 Å². The van der Waals surface area contributed by atoms with Gasteiger partial charge in [-0.3, -0.25) is 0 Å². The quantitative estimate of drug-likeness (QED) is 0.346. The van der Waals surface area contributed by atoms with Crippen molar-refractivity contribution < 1.29 is 14.3 Å². The zero-order chi connectivity index (χ0) is 13.5. The Morgan fingerprint density at radius 1 is 1.33 bits per heavy atom. The van der Waals surface area contributed by atoms with Crippen LogP contribution in [0.25, 0.3) is 0 Å². The van der Waals surface area contributed by atoms with Gasteiger partial charge in [0.2, 0.25) is 0 Å². The molecule has 1 rings (SSSR count). The Labute approximate surface area is 107 Å². The van der Waals surface area contributed by atoms with Crippen LogP contribution in [0.2, 0.25) is 0 Å². The molecule has 18 heavy (non-hydrogen) atoms. The van der Waals surface area contributed by atoms with Crippen molar-refractivity contribution in [1.82, 2.24) is 4.90 Å². The van der Waals surface area contributed by atoms with Crippen molar-refractivity contribution in [3.05, 3.63) is 35.4 Å². The predicted octanol–water partition coefficient (Wildman–Crippen LogP) is 1.00. The van der Waals surface area contributed by atoms with Crippen LogP contribution in [0.15, 0.2) is 29.4 Å². The normalized spacial score (nSPS) is 9.83. The lowest BCUT2D eigenvalue weighted by Gasteiger charge is -2.08. The van der Waals surface area contributed by atoms with E-state index in [-0.39, 0.29) is 5.71 Å². The average molecular weight is 248 g/mol. The molecule has 0 bridgehead atoms. The number of methoxy groups -OCH3 is 1. The molecular formula is C13H18N3O2+. The Bertz CT molecular complexity index is 472. The van der Waals surface area contributed by atoms with Crippen molar-refractivity contribution in [3.63, 3.8) is 0 Å². The van der Waals surface area contributed by atoms with Crippen LogP contribution >= 0.6 is 0 Å². The van der Waals surface area contributed by atoms with E-state index in [1.54, 1.807) is 0 Å². The minimum absolute atomic E-state index is 0.219. The molecule has 0 aliphatic carbocycles. The SMILES string of the molecule is CN=[N+]=C(C(=O)OC)c1ccc(CN(C)C)cc1. The monoisotopic (exact) mass is 248 g/mol. The maximum atomic E-state index is 11.5. The smallest absolute Gasteiger partial charge is 0.455 e. The third kappa shape index (κ3) is 3.80. The summed E-state index contributed by atoms with van der Waals surface area (Å²) in [4.78, 5) is 17.4. The van der Waals surface area contributed by atoms with Gasteiger partial charge in [0.15, 0.2) is 0 Å². The molecule has 5 heteroatoms. The van der Waals surface area contributed by atoms with Gasteiger partial charge in [-0.15, -0.1) is 0 Å². The number of carbonyl (C=O) groups excluding carboxylic acids is 1. The van der Waals surface area contributed by atoms with E-state index in [0.29, 0.717) is 5.56 Å². The molecule has 5 nitrogen and oxygen atoms in total. The first kappa shape index (κ1) is 14.1. The van der Waals surface area contributed by atoms with Crippen molar-refractivity contribution in [2.45, 2.75) is 6.54 Å². The van der Waals surface area contributed by atoms with Crippen LogP contribution < -0.4 is 0 Å². The number of hydrogen-bond donors (Lipinski definition) is 0. The Morgan fingerprint density at radius 3 is 2.39 bits per heavy atom. The summed E-state index contributed by atoms with van der Waals surface area (Å²) in [6, 6.07) is 7.62. The number of rotatable bonds is 4. The van der Waals surface area contributed by atoms with Crippen LogP contribution in [0.5, 0.6) is 0 Å². The highest BCUT2D eigenvalue weighted by atomic mass is 16.5. The van der Waals surface area contributed by atoms with Gasteiger partial charge in [0.1, 0.15) is 7.05 Å². The first-order valence-corrected chi connectivity index (χ1v) is 5.57. The number of esters is 1. The van der Waals surface area contributed by atoms with Gasteiger partial charge in [-0.1, -0.05) is 12.1 Å². The zero-order valence-corrected chi connectivity index (χ0v) is 11.2. The van der Waals surface area contributed by atoms with E-state index in [9.17, 15) is 4.79 Å². The molecule has 0 N–H and O–H groups in total. The maximum absolute atomic E-state index is 11.5. The van der Waals surface area contributed by atoms with Gasteiger partial charge in [-0.25, -0.2) is 4.79 Å². The predicted molar refractivity (Wildman–Crippen MR) is 68.6 cm³/mol. The number of nitrogens with zero attached hydrogens (tertiary/aromatic N) is 3. The molecule has 0 amide bonds. The highest BCUT2D eigenvalue weighted by Crippen LogP contribution is 2.07. The molecule has 0 fully saturated rings. The second-order valence-corrected chi connectivity index (χ2v) is 4.07. The molecule has 0 saturated carbocycles. The van der Waals surface area contributed by atoms with Crippen LogP contribution in [-0.4, -0.2) is 49.6 Å². The summed E-state index contributed by atoms with van der Waals surface area (Å²) in [5.41, 5.74) is 2.09. The molecule has 0 atom stereocenters. The van der Waals surface area contributed by atoms with Gasteiger partial charge in [0, 0.05) is 6.54 Å². The largest absolute Gasteiger partial charge is 0.460 e. The van der Waals surface area contributed by atoms with Crippen LogP contribution in [-0.2, 0) is 16.1 Å². The van der Waals surface area contributed by atoms with Gasteiger partial charge in [0.05, 0.1) is 22.6 Å². The standard InChI is InChI=1S/C13H18N3O2/c1-14-15-12(13(17)18-4)11-7-5-10(6-8-11)9-16(2)3/h5-8H,9H2,1-4H3/q+1. The van der Waals surface area contributed by atoms with Gasteiger partial charge < -0.3 is 9.64 Å². The fourth-order valence-corrected chi connectivity index (χ4v) is 1.55. The minimum atomic E-state index is -0.485. The summed E-state index contributed by atoms with van der Waals surface area (Å²) >= 11 is 0. The maximum Gasteiger partial charge on any atom is 0.455 e. The van der Waals surface area contributed by atoms with Gasteiger partial charge >= 0.3 is 11.7 Å². The lowest BCUT2D eigenvalue weighted by Crippen LogP contribution is -2.18. The number of ether oxygens (including phenoxy) is 1. The molecule has 0 aromatic heterocycles. The number of carbonyl (C=O) groups is 1. The van der Waals surface area contributed by atoms with E-state index in [1.807, 2.05) is 38.4 Å². The second-order valence-electron chi connectivity index (χ2n) is 4.07. The summed E-state index contributed by atoms with van der Waals surface area (Å²) in [6.45, 7) is 0.850. The van der Waals surface area contributed by atoms with Gasteiger partial charge in [-0.05, 0) is 31.8 Å². The second kappa shape index (κ2) is 6.69. The molecule has 0 spiro atoms. The molecule has 96 valence electrons. The van der Waals surface area contributed by atoms with E-state index in [0.717, 1.165) is 6.54 Å². The van der Waals surface area contributed by atoms with Crippen LogP contribution in [0.4, 0.5) is 0 Å². The third-order valence-electron chi connectivity index (χ3n) is 2.30. The zero-order valence-electron chi connectivity index (χ0n) is 11.2. The van der Waals surface area contributed by atoms with Crippen molar-refractivity contribution in [2.75, 3.05) is 28.3 Å². The van der Waals surface area contributed by atoms with E-state index >= 15 is 0 Å². The van der Waals surface area contributed by atoms with Gasteiger partial charge in [0.25, 0.3) is 0 Å². The summed E-state index contributed by atoms with van der Waals surface area (Å²) < 4.78 is 4.68. The Balaban J connectivity index is 3.02. The lowest BCUT2D eigenvalue weighted by molar-refractivity contribution is -0.142. The van der Waals surface area contributed by atoms with Crippen LogP contribution in [0.3, 0.4) is 0 Å². The summed E-state index contributed by atoms with van der Waals surface area (Å²) in [5.74, 6) is -0.485. The molecule has 1 aromatic rings. The van der Waals surface area contributed by atoms with Crippen molar-refractivity contribution >= 4 is 11.7 Å². The molecule has 0 aliphatic rings. The summed E-state index contributed by atoms with van der Waals surface area (Å²) in [7, 11) is 6.85. The van der Waals surface area contributed by atoms with E-state index in [4.69, 9.17) is 0 Å². The minimum Gasteiger partial charge on any atom is -0.460 e. The highest BCUT2D eigenvalue weighted by Gasteiger charge is 2.26. The fraction of sp³-hybridized carbons (Fsp3) is 0.385. The first-order valence-electron chi connectivity index (χ1n) is 5.57. The first-order chi connectivity index (χ1) is 8.58. The molecule has 0 unspecified atom stereocenters. The fourth-order valence-electron chi connectivity index (χ4n) is 1.55. The van der Waals surface area contributed by atoms with Crippen molar-refractivity contribution in [3.8, 4) is 0 Å². The number of benzene rings is 1. The Hall–Kier alpha value is -1.97. The molecule has 0 radical (unpaired) electrons. The highest BCUT2D eigenvalue weighted by molar-refractivity contribution is 6.40. The molecular weight excluding hydrogens is 230 g/mol. The van der Waals surface area contributed by atoms with Crippen molar-refractivity contribution in [1.29, 1.82) is 0 Å². The van der Waals surface area contributed by atoms with Gasteiger partial charge in [-0.2, -0.15) is 0 Å². The Kier molecular flexibility index (Phi) is 5.24. The lowest BCUT2D eigenvalue weighted by atomic mass is 10.1.